The van der Waals surface area contributed by atoms with Gasteiger partial charge >= 0.3 is 0 Å². The fraction of sp³-hybridized carbons (Fsp3) is 0.321. The number of carbonyl (C=O) groups is 1. The quantitative estimate of drug-likeness (QED) is 0.373. The fourth-order valence-corrected chi connectivity index (χ4v) is 5.30. The van der Waals surface area contributed by atoms with Crippen molar-refractivity contribution in [2.24, 2.45) is 5.92 Å². The molecule has 2 N–H and O–H groups in total. The van der Waals surface area contributed by atoms with Gasteiger partial charge in [0.15, 0.2) is 0 Å². The lowest BCUT2D eigenvalue weighted by Crippen LogP contribution is -2.31. The molecule has 1 saturated carbocycles. The summed E-state index contributed by atoms with van der Waals surface area (Å²) < 4.78 is 19.3. The predicted molar refractivity (Wildman–Crippen MR) is 134 cm³/mol. The van der Waals surface area contributed by atoms with Crippen molar-refractivity contribution in [3.05, 3.63) is 77.6 Å². The molecule has 5 rings (SSSR count). The molecule has 6 nitrogen and oxygen atoms in total. The largest absolute Gasteiger partial charge is 0.481 e. The van der Waals surface area contributed by atoms with Gasteiger partial charge in [-0.3, -0.25) is 9.78 Å². The van der Waals surface area contributed by atoms with Gasteiger partial charge in [-0.2, -0.15) is 0 Å². The average Bonchev–Trinajstić information content (AvgIpc) is 3.28. The van der Waals surface area contributed by atoms with Gasteiger partial charge in [0.2, 0.25) is 5.88 Å². The van der Waals surface area contributed by atoms with E-state index in [1.807, 2.05) is 31.3 Å². The van der Waals surface area contributed by atoms with E-state index in [9.17, 15) is 9.18 Å². The number of pyridine rings is 2. The summed E-state index contributed by atoms with van der Waals surface area (Å²) >= 11 is 0. The van der Waals surface area contributed by atoms with Crippen LogP contribution in [0.25, 0.3) is 22.0 Å². The molecule has 3 aromatic heterocycles. The number of aromatic amines is 1. The number of methoxy groups -OCH3 is 1. The molecule has 1 aliphatic carbocycles. The van der Waals surface area contributed by atoms with Gasteiger partial charge in [0.05, 0.1) is 18.2 Å². The molecule has 0 aliphatic heterocycles. The van der Waals surface area contributed by atoms with Crippen LogP contribution in [0, 0.1) is 18.7 Å². The molecule has 0 saturated heterocycles. The summed E-state index contributed by atoms with van der Waals surface area (Å²) in [4.78, 5) is 25.0. The van der Waals surface area contributed by atoms with Crippen LogP contribution in [-0.2, 0) is 0 Å². The maximum atomic E-state index is 13.9. The van der Waals surface area contributed by atoms with Crippen molar-refractivity contribution in [1.82, 2.24) is 20.3 Å². The molecule has 3 heterocycles. The Labute approximate surface area is 204 Å². The SMILES string of the molecule is COc1ncccc1-c1c(C(=O)NCC2CCC(c3ccnc4ccc(F)cc34)CC2)c[nH]c1C. The number of H-pyrrole nitrogens is 1. The first-order valence-corrected chi connectivity index (χ1v) is 12.0. The maximum Gasteiger partial charge on any atom is 0.253 e. The van der Waals surface area contributed by atoms with Gasteiger partial charge in [0, 0.05) is 47.3 Å². The number of rotatable bonds is 6. The molecule has 1 aromatic carbocycles. The molecule has 35 heavy (non-hydrogen) atoms. The van der Waals surface area contributed by atoms with E-state index in [4.69, 9.17) is 4.74 Å². The Morgan fingerprint density at radius 3 is 2.77 bits per heavy atom. The molecule has 0 unspecified atom stereocenters. The number of nitrogens with one attached hydrogen (secondary N) is 2. The summed E-state index contributed by atoms with van der Waals surface area (Å²) in [5, 5.41) is 4.05. The van der Waals surface area contributed by atoms with Crippen LogP contribution >= 0.6 is 0 Å². The van der Waals surface area contributed by atoms with E-state index in [2.05, 4.69) is 20.3 Å². The third-order valence-corrected chi connectivity index (χ3v) is 7.13. The van der Waals surface area contributed by atoms with Crippen molar-refractivity contribution in [1.29, 1.82) is 0 Å². The summed E-state index contributed by atoms with van der Waals surface area (Å²) in [6.45, 7) is 2.57. The Morgan fingerprint density at radius 1 is 1.14 bits per heavy atom. The number of nitrogens with zero attached hydrogens (tertiary/aromatic N) is 2. The first-order chi connectivity index (χ1) is 17.0. The van der Waals surface area contributed by atoms with Gasteiger partial charge < -0.3 is 15.0 Å². The topological polar surface area (TPSA) is 79.9 Å². The number of aromatic nitrogens is 3. The van der Waals surface area contributed by atoms with Crippen molar-refractivity contribution >= 4 is 16.8 Å². The molecule has 1 fully saturated rings. The number of halogens is 1. The normalized spacial score (nSPS) is 17.9. The van der Waals surface area contributed by atoms with E-state index in [-0.39, 0.29) is 11.7 Å². The Balaban J connectivity index is 1.24. The highest BCUT2D eigenvalue weighted by Crippen LogP contribution is 2.38. The van der Waals surface area contributed by atoms with Crippen LogP contribution in [-0.4, -0.2) is 34.5 Å². The molecular weight excluding hydrogens is 443 g/mol. The van der Waals surface area contributed by atoms with Crippen LogP contribution in [0.15, 0.2) is 55.0 Å². The lowest BCUT2D eigenvalue weighted by atomic mass is 9.78. The number of hydrogen-bond acceptors (Lipinski definition) is 4. The summed E-state index contributed by atoms with van der Waals surface area (Å²) in [6.07, 6.45) is 9.28. The zero-order valence-corrected chi connectivity index (χ0v) is 20.0. The summed E-state index contributed by atoms with van der Waals surface area (Å²) in [6, 6.07) is 10.6. The second kappa shape index (κ2) is 9.86. The van der Waals surface area contributed by atoms with E-state index in [0.29, 0.717) is 29.8 Å². The van der Waals surface area contributed by atoms with E-state index >= 15 is 0 Å². The number of aryl methyl sites for hydroxylation is 1. The van der Waals surface area contributed by atoms with Crippen LogP contribution < -0.4 is 10.1 Å². The molecule has 0 radical (unpaired) electrons. The fourth-order valence-electron chi connectivity index (χ4n) is 5.30. The second-order valence-electron chi connectivity index (χ2n) is 9.25. The maximum absolute atomic E-state index is 13.9. The Kier molecular flexibility index (Phi) is 6.49. The van der Waals surface area contributed by atoms with Crippen LogP contribution in [0.3, 0.4) is 0 Å². The summed E-state index contributed by atoms with van der Waals surface area (Å²) in [7, 11) is 1.58. The zero-order chi connectivity index (χ0) is 24.4. The highest BCUT2D eigenvalue weighted by atomic mass is 19.1. The number of carbonyl (C=O) groups excluding carboxylic acids is 1. The van der Waals surface area contributed by atoms with Crippen molar-refractivity contribution in [3.63, 3.8) is 0 Å². The van der Waals surface area contributed by atoms with Gasteiger partial charge in [-0.05, 0) is 86.4 Å². The molecule has 0 spiro atoms. The van der Waals surface area contributed by atoms with Gasteiger partial charge in [-0.25, -0.2) is 9.37 Å². The third-order valence-electron chi connectivity index (χ3n) is 7.13. The highest BCUT2D eigenvalue weighted by Gasteiger charge is 2.25. The van der Waals surface area contributed by atoms with Crippen LogP contribution in [0.1, 0.15) is 53.2 Å². The van der Waals surface area contributed by atoms with Crippen molar-refractivity contribution in [2.45, 2.75) is 38.5 Å². The first-order valence-electron chi connectivity index (χ1n) is 12.0. The molecule has 7 heteroatoms. The van der Waals surface area contributed by atoms with Crippen molar-refractivity contribution in [2.75, 3.05) is 13.7 Å². The molecule has 0 atom stereocenters. The smallest absolute Gasteiger partial charge is 0.253 e. The lowest BCUT2D eigenvalue weighted by molar-refractivity contribution is 0.0943. The van der Waals surface area contributed by atoms with Crippen molar-refractivity contribution in [3.8, 4) is 17.0 Å². The van der Waals surface area contributed by atoms with Gasteiger partial charge in [0.1, 0.15) is 5.82 Å². The van der Waals surface area contributed by atoms with Gasteiger partial charge in [0.25, 0.3) is 5.91 Å². The molecule has 180 valence electrons. The Bertz CT molecular complexity index is 1360. The molecular formula is C28H29FN4O2. The lowest BCUT2D eigenvalue weighted by Gasteiger charge is -2.29. The minimum Gasteiger partial charge on any atom is -0.481 e. The minimum atomic E-state index is -0.230. The Morgan fingerprint density at radius 2 is 1.97 bits per heavy atom. The second-order valence-corrected chi connectivity index (χ2v) is 9.25. The minimum absolute atomic E-state index is 0.104. The number of ether oxygens (including phenoxy) is 1. The first kappa shape index (κ1) is 23.0. The van der Waals surface area contributed by atoms with E-state index in [0.717, 1.165) is 53.4 Å². The number of fused-ring (bicyclic) bond motifs is 1. The Hall–Kier alpha value is -3.74. The predicted octanol–water partition coefficient (Wildman–Crippen LogP) is 5.78. The summed E-state index contributed by atoms with van der Waals surface area (Å²) in [5.41, 5.74) is 5.10. The third kappa shape index (κ3) is 4.63. The standard InChI is InChI=1S/C28H29FN4O2/c1-17-26(22-4-3-12-31-28(22)35-2)24(16-32-17)27(34)33-15-18-5-7-19(8-6-18)21-11-13-30-25-10-9-20(29)14-23(21)25/h3-4,9-14,16,18-19,32H,5-8,15H2,1-2H3,(H,33,34). The van der Waals surface area contributed by atoms with E-state index < -0.39 is 0 Å². The molecule has 1 aliphatic rings. The van der Waals surface area contributed by atoms with Crippen LogP contribution in [0.2, 0.25) is 0 Å². The molecule has 4 aromatic rings. The van der Waals surface area contributed by atoms with Gasteiger partial charge in [-0.15, -0.1) is 0 Å². The molecule has 0 bridgehead atoms. The number of amides is 1. The number of benzene rings is 1. The van der Waals surface area contributed by atoms with E-state index in [1.165, 1.54) is 11.6 Å². The van der Waals surface area contributed by atoms with Crippen molar-refractivity contribution < 1.29 is 13.9 Å². The van der Waals surface area contributed by atoms with E-state index in [1.54, 1.807) is 31.6 Å². The van der Waals surface area contributed by atoms with Gasteiger partial charge in [-0.1, -0.05) is 0 Å². The summed E-state index contributed by atoms with van der Waals surface area (Å²) in [5.74, 6) is 0.952. The van der Waals surface area contributed by atoms with Crippen LogP contribution in [0.5, 0.6) is 5.88 Å². The zero-order valence-electron chi connectivity index (χ0n) is 20.0. The highest BCUT2D eigenvalue weighted by molar-refractivity contribution is 6.02. The monoisotopic (exact) mass is 472 g/mol. The average molecular weight is 473 g/mol. The number of hydrogen-bond donors (Lipinski definition) is 2. The molecule has 1 amide bonds. The van der Waals surface area contributed by atoms with Crippen LogP contribution in [0.4, 0.5) is 4.39 Å².